The van der Waals surface area contributed by atoms with Gasteiger partial charge < -0.3 is 4.74 Å². The van der Waals surface area contributed by atoms with E-state index in [1.54, 1.807) is 30.7 Å². The summed E-state index contributed by atoms with van der Waals surface area (Å²) < 4.78 is 5.53. The zero-order valence-electron chi connectivity index (χ0n) is 11.0. The molecule has 0 aliphatic carbocycles. The van der Waals surface area contributed by atoms with E-state index in [0.29, 0.717) is 11.3 Å². The van der Waals surface area contributed by atoms with Gasteiger partial charge in [-0.05, 0) is 38.1 Å². The lowest BCUT2D eigenvalue weighted by atomic mass is 10.1. The fraction of sp³-hybridized carbons (Fsp3) is 0.267. The van der Waals surface area contributed by atoms with E-state index < -0.39 is 0 Å². The van der Waals surface area contributed by atoms with Gasteiger partial charge in [-0.25, -0.2) is 0 Å². The van der Waals surface area contributed by atoms with Crippen LogP contribution in [0.2, 0.25) is 0 Å². The third kappa shape index (κ3) is 3.88. The van der Waals surface area contributed by atoms with Gasteiger partial charge in [0.05, 0.1) is 18.2 Å². The first-order valence-electron chi connectivity index (χ1n) is 6.20. The number of benzene rings is 1. The van der Waals surface area contributed by atoms with Gasteiger partial charge in [0.1, 0.15) is 5.75 Å². The van der Waals surface area contributed by atoms with Gasteiger partial charge in [0, 0.05) is 24.2 Å². The van der Waals surface area contributed by atoms with E-state index >= 15 is 0 Å². The van der Waals surface area contributed by atoms with Gasteiger partial charge in [0.2, 0.25) is 0 Å². The van der Waals surface area contributed by atoms with Crippen molar-refractivity contribution in [2.24, 2.45) is 0 Å². The van der Waals surface area contributed by atoms with Crippen molar-refractivity contribution in [2.75, 3.05) is 0 Å². The van der Waals surface area contributed by atoms with Crippen molar-refractivity contribution in [3.8, 4) is 5.75 Å². The lowest BCUT2D eigenvalue weighted by Crippen LogP contribution is -2.07. The quantitative estimate of drug-likeness (QED) is 0.772. The van der Waals surface area contributed by atoms with E-state index in [0.717, 1.165) is 5.75 Å². The molecule has 0 bridgehead atoms. The second-order valence-corrected chi connectivity index (χ2v) is 4.49. The van der Waals surface area contributed by atoms with Crippen molar-refractivity contribution in [2.45, 2.75) is 26.4 Å². The highest BCUT2D eigenvalue weighted by Gasteiger charge is 2.08. The van der Waals surface area contributed by atoms with Gasteiger partial charge in [-0.15, -0.1) is 0 Å². The van der Waals surface area contributed by atoms with Crippen LogP contribution in [0.15, 0.2) is 42.9 Å². The van der Waals surface area contributed by atoms with Crippen molar-refractivity contribution in [3.63, 3.8) is 0 Å². The first kappa shape index (κ1) is 13.2. The van der Waals surface area contributed by atoms with Crippen LogP contribution in [-0.2, 0) is 6.42 Å². The zero-order chi connectivity index (χ0) is 13.7. The zero-order valence-corrected chi connectivity index (χ0v) is 11.0. The van der Waals surface area contributed by atoms with Crippen LogP contribution in [-0.4, -0.2) is 21.9 Å². The Balaban J connectivity index is 2.04. The van der Waals surface area contributed by atoms with Crippen LogP contribution in [0, 0.1) is 0 Å². The monoisotopic (exact) mass is 256 g/mol. The maximum absolute atomic E-state index is 12.0. The van der Waals surface area contributed by atoms with Gasteiger partial charge in [0.15, 0.2) is 5.78 Å². The van der Waals surface area contributed by atoms with Crippen LogP contribution in [0.1, 0.15) is 29.9 Å². The van der Waals surface area contributed by atoms with E-state index in [1.807, 2.05) is 26.0 Å². The molecule has 1 heterocycles. The van der Waals surface area contributed by atoms with Crippen LogP contribution in [0.3, 0.4) is 0 Å². The molecule has 0 amide bonds. The second kappa shape index (κ2) is 6.09. The molecule has 2 rings (SSSR count). The van der Waals surface area contributed by atoms with E-state index in [-0.39, 0.29) is 18.3 Å². The van der Waals surface area contributed by atoms with Gasteiger partial charge in [-0.3, -0.25) is 14.8 Å². The molecule has 4 heteroatoms. The van der Waals surface area contributed by atoms with Crippen LogP contribution in [0.25, 0.3) is 0 Å². The lowest BCUT2D eigenvalue weighted by molar-refractivity contribution is 0.0992. The summed E-state index contributed by atoms with van der Waals surface area (Å²) in [6.07, 6.45) is 5.17. The molecule has 0 aliphatic heterocycles. The number of Topliss-reactive ketones (excluding diaryl/α,β-unsaturated/α-hetero) is 1. The summed E-state index contributed by atoms with van der Waals surface area (Å²) in [6.45, 7) is 3.93. The molecule has 98 valence electrons. The first-order chi connectivity index (χ1) is 9.15. The number of ketones is 1. The fourth-order valence-electron chi connectivity index (χ4n) is 1.68. The van der Waals surface area contributed by atoms with Crippen molar-refractivity contribution in [1.82, 2.24) is 9.97 Å². The number of carbonyl (C=O) groups is 1. The topological polar surface area (TPSA) is 52.1 Å². The Morgan fingerprint density at radius 2 is 1.95 bits per heavy atom. The summed E-state index contributed by atoms with van der Waals surface area (Å²) in [4.78, 5) is 20.1. The average Bonchev–Trinajstić information content (AvgIpc) is 2.40. The van der Waals surface area contributed by atoms with Crippen molar-refractivity contribution < 1.29 is 9.53 Å². The fourth-order valence-corrected chi connectivity index (χ4v) is 1.68. The molecule has 0 aliphatic rings. The molecular formula is C15H16N2O2. The first-order valence-corrected chi connectivity index (χ1v) is 6.20. The molecule has 4 nitrogen and oxygen atoms in total. The smallest absolute Gasteiger partial charge is 0.168 e. The summed E-state index contributed by atoms with van der Waals surface area (Å²) in [5.74, 6) is 0.794. The molecule has 0 saturated heterocycles. The second-order valence-electron chi connectivity index (χ2n) is 4.49. The molecule has 0 spiro atoms. The number of aromatic nitrogens is 2. The summed E-state index contributed by atoms with van der Waals surface area (Å²) in [7, 11) is 0. The van der Waals surface area contributed by atoms with Gasteiger partial charge in [-0.2, -0.15) is 0 Å². The number of carbonyl (C=O) groups excluding carboxylic acids is 1. The Morgan fingerprint density at radius 3 is 2.53 bits per heavy atom. The van der Waals surface area contributed by atoms with Gasteiger partial charge in [-0.1, -0.05) is 0 Å². The number of hydrogen-bond donors (Lipinski definition) is 0. The maximum atomic E-state index is 12.0. The summed E-state index contributed by atoms with van der Waals surface area (Å²) >= 11 is 0. The van der Waals surface area contributed by atoms with Crippen molar-refractivity contribution >= 4 is 5.78 Å². The van der Waals surface area contributed by atoms with Crippen LogP contribution in [0.4, 0.5) is 0 Å². The molecule has 0 radical (unpaired) electrons. The molecule has 0 atom stereocenters. The van der Waals surface area contributed by atoms with E-state index in [4.69, 9.17) is 4.74 Å². The Morgan fingerprint density at radius 1 is 1.21 bits per heavy atom. The molecule has 0 unspecified atom stereocenters. The highest BCUT2D eigenvalue weighted by atomic mass is 16.5. The summed E-state index contributed by atoms with van der Waals surface area (Å²) in [5, 5.41) is 0. The third-order valence-corrected chi connectivity index (χ3v) is 2.51. The predicted octanol–water partition coefficient (Wildman–Crippen LogP) is 2.69. The maximum Gasteiger partial charge on any atom is 0.168 e. The van der Waals surface area contributed by atoms with Crippen LogP contribution in [0.5, 0.6) is 5.75 Å². The highest BCUT2D eigenvalue weighted by molar-refractivity contribution is 5.97. The largest absolute Gasteiger partial charge is 0.491 e. The Kier molecular flexibility index (Phi) is 4.23. The summed E-state index contributed by atoms with van der Waals surface area (Å²) in [5.41, 5.74) is 1.33. The normalized spacial score (nSPS) is 10.5. The molecule has 19 heavy (non-hydrogen) atoms. The Bertz CT molecular complexity index is 536. The highest BCUT2D eigenvalue weighted by Crippen LogP contribution is 2.15. The number of rotatable bonds is 5. The minimum atomic E-state index is 0.0246. The minimum Gasteiger partial charge on any atom is -0.491 e. The number of ether oxygens (including phenoxy) is 1. The van der Waals surface area contributed by atoms with E-state index in [1.165, 1.54) is 0 Å². The van der Waals surface area contributed by atoms with Crippen LogP contribution < -0.4 is 4.74 Å². The molecule has 2 aromatic rings. The SMILES string of the molecule is CC(C)Oc1ccc(C(=O)Cc2cnccn2)cc1. The molecule has 1 aromatic heterocycles. The molecule has 0 fully saturated rings. The number of hydrogen-bond acceptors (Lipinski definition) is 4. The van der Waals surface area contributed by atoms with E-state index in [9.17, 15) is 4.79 Å². The molecule has 1 aromatic carbocycles. The minimum absolute atomic E-state index is 0.0246. The van der Waals surface area contributed by atoms with Crippen LogP contribution >= 0.6 is 0 Å². The Labute approximate surface area is 112 Å². The average molecular weight is 256 g/mol. The Hall–Kier alpha value is -2.23. The predicted molar refractivity (Wildman–Crippen MR) is 72.3 cm³/mol. The van der Waals surface area contributed by atoms with E-state index in [2.05, 4.69) is 9.97 Å². The van der Waals surface area contributed by atoms with Crippen molar-refractivity contribution in [3.05, 3.63) is 54.1 Å². The van der Waals surface area contributed by atoms with Crippen molar-refractivity contribution in [1.29, 1.82) is 0 Å². The third-order valence-electron chi connectivity index (χ3n) is 2.51. The van der Waals surface area contributed by atoms with Gasteiger partial charge >= 0.3 is 0 Å². The summed E-state index contributed by atoms with van der Waals surface area (Å²) in [6, 6.07) is 7.17. The molecule has 0 saturated carbocycles. The molecule has 0 N–H and O–H groups in total. The van der Waals surface area contributed by atoms with Gasteiger partial charge in [0.25, 0.3) is 0 Å². The lowest BCUT2D eigenvalue weighted by Gasteiger charge is -2.09. The number of nitrogens with zero attached hydrogens (tertiary/aromatic N) is 2. The standard InChI is InChI=1S/C15H16N2O2/c1-11(2)19-14-5-3-12(4-6-14)15(18)9-13-10-16-7-8-17-13/h3-8,10-11H,9H2,1-2H3. The molecular weight excluding hydrogens is 240 g/mol.